The quantitative estimate of drug-likeness (QED) is 0.166. The van der Waals surface area contributed by atoms with Gasteiger partial charge in [0.2, 0.25) is 0 Å². The Kier molecular flexibility index (Phi) is 6.11. The molecule has 3 N–H and O–H groups in total. The largest absolute Gasteiger partial charge is 0.477 e. The van der Waals surface area contributed by atoms with Crippen LogP contribution in [-0.2, 0) is 6.18 Å². The van der Waals surface area contributed by atoms with Gasteiger partial charge in [-0.25, -0.2) is 14.2 Å². The zero-order valence-electron chi connectivity index (χ0n) is 19.3. The molecule has 0 bridgehead atoms. The first kappa shape index (κ1) is 24.6. The van der Waals surface area contributed by atoms with Crippen molar-refractivity contribution in [3.8, 4) is 11.4 Å². The van der Waals surface area contributed by atoms with E-state index in [2.05, 4.69) is 31.7 Å². The number of rotatable bonds is 6. The van der Waals surface area contributed by atoms with Crippen LogP contribution in [0.25, 0.3) is 38.9 Å². The van der Waals surface area contributed by atoms with Crippen molar-refractivity contribution in [3.05, 3.63) is 89.5 Å². The van der Waals surface area contributed by atoms with Gasteiger partial charge in [-0.2, -0.15) is 13.2 Å². The summed E-state index contributed by atoms with van der Waals surface area (Å²) in [6, 6.07) is 14.0. The standard InChI is InChI=1S/C27H17F4N5O2/c1-32-12-16(13-33-18-4-7-21-15(8-18)10-24(34-21)26(37)38)14-2-5-19(20(28)9-14)25-35-22-6-3-17(27(29,30)31)11-23(22)36-25/h2-13,34H,1H2,(H,35,36)(H,37,38)/b16-12+,33-13?. The number of hydrogen-bond donors (Lipinski definition) is 3. The molecule has 0 radical (unpaired) electrons. The molecule has 11 heteroatoms. The molecule has 0 aliphatic heterocycles. The fraction of sp³-hybridized carbons (Fsp3) is 0.0370. The molecule has 2 heterocycles. The van der Waals surface area contributed by atoms with Gasteiger partial charge in [0.1, 0.15) is 17.3 Å². The SMILES string of the molecule is C=N/C=C(\C=Nc1ccc2[nH]c(C(=O)O)cc2c1)c1ccc(-c2nc3ccc(C(F)(F)F)cc3[nH]2)c(F)c1. The van der Waals surface area contributed by atoms with Crippen molar-refractivity contribution in [3.63, 3.8) is 0 Å². The van der Waals surface area contributed by atoms with Crippen LogP contribution in [0.3, 0.4) is 0 Å². The number of carboxylic acid groups (broad SMARTS) is 1. The number of aromatic amines is 2. The molecule has 0 atom stereocenters. The molecule has 38 heavy (non-hydrogen) atoms. The number of imidazole rings is 1. The number of carboxylic acids is 1. The van der Waals surface area contributed by atoms with Crippen molar-refractivity contribution in [1.29, 1.82) is 0 Å². The second kappa shape index (κ2) is 9.43. The van der Waals surface area contributed by atoms with Crippen LogP contribution < -0.4 is 0 Å². The highest BCUT2D eigenvalue weighted by molar-refractivity contribution is 6.11. The molecule has 2 aromatic heterocycles. The molecule has 7 nitrogen and oxygen atoms in total. The normalized spacial score (nSPS) is 12.6. The van der Waals surface area contributed by atoms with Gasteiger partial charge in [0.15, 0.2) is 0 Å². The van der Waals surface area contributed by atoms with Crippen molar-refractivity contribution >= 4 is 52.1 Å². The average Bonchev–Trinajstić information content (AvgIpc) is 3.49. The van der Waals surface area contributed by atoms with E-state index in [1.807, 2.05) is 0 Å². The summed E-state index contributed by atoms with van der Waals surface area (Å²) in [4.78, 5) is 29.1. The Labute approximate surface area is 211 Å². The van der Waals surface area contributed by atoms with E-state index in [1.54, 1.807) is 24.3 Å². The van der Waals surface area contributed by atoms with Gasteiger partial charge in [0, 0.05) is 28.9 Å². The topological polar surface area (TPSA) is 106 Å². The molecule has 3 aromatic carbocycles. The van der Waals surface area contributed by atoms with Crippen LogP contribution in [0.4, 0.5) is 23.2 Å². The van der Waals surface area contributed by atoms with Gasteiger partial charge >= 0.3 is 12.1 Å². The third-order valence-electron chi connectivity index (χ3n) is 5.78. The number of nitrogens with zero attached hydrogens (tertiary/aromatic N) is 3. The highest BCUT2D eigenvalue weighted by atomic mass is 19.4. The number of H-pyrrole nitrogens is 2. The molecule has 0 aliphatic carbocycles. The number of halogens is 4. The average molecular weight is 519 g/mol. The van der Waals surface area contributed by atoms with Gasteiger partial charge in [0.05, 0.1) is 27.8 Å². The summed E-state index contributed by atoms with van der Waals surface area (Å²) in [7, 11) is 0. The number of aromatic carboxylic acids is 1. The lowest BCUT2D eigenvalue weighted by molar-refractivity contribution is -0.137. The van der Waals surface area contributed by atoms with Gasteiger partial charge in [-0.15, -0.1) is 0 Å². The number of alkyl halides is 3. The minimum atomic E-state index is -4.51. The molecule has 0 amide bonds. The number of carbonyl (C=O) groups is 1. The van der Waals surface area contributed by atoms with Crippen LogP contribution in [0.1, 0.15) is 21.6 Å². The zero-order valence-corrected chi connectivity index (χ0v) is 19.3. The summed E-state index contributed by atoms with van der Waals surface area (Å²) in [5.74, 6) is -1.64. The molecule has 5 rings (SSSR count). The molecule has 190 valence electrons. The highest BCUT2D eigenvalue weighted by Gasteiger charge is 2.30. The van der Waals surface area contributed by atoms with Crippen molar-refractivity contribution in [1.82, 2.24) is 15.0 Å². The van der Waals surface area contributed by atoms with E-state index in [9.17, 15) is 18.0 Å². The van der Waals surface area contributed by atoms with Crippen LogP contribution >= 0.6 is 0 Å². The third kappa shape index (κ3) is 4.81. The maximum Gasteiger partial charge on any atom is 0.416 e. The van der Waals surface area contributed by atoms with E-state index < -0.39 is 23.5 Å². The van der Waals surface area contributed by atoms with E-state index in [0.29, 0.717) is 27.7 Å². The van der Waals surface area contributed by atoms with Crippen LogP contribution in [0.5, 0.6) is 0 Å². The first-order chi connectivity index (χ1) is 18.1. The van der Waals surface area contributed by atoms with Crippen LogP contribution in [0.15, 0.2) is 76.8 Å². The number of aliphatic imine (C=N–C) groups is 2. The number of benzene rings is 3. The Hall–Kier alpha value is -5.06. The Bertz CT molecular complexity index is 1780. The first-order valence-electron chi connectivity index (χ1n) is 11.1. The summed E-state index contributed by atoms with van der Waals surface area (Å²) in [5.41, 5.74) is 1.74. The predicted octanol–water partition coefficient (Wildman–Crippen LogP) is 7.01. The lowest BCUT2D eigenvalue weighted by atomic mass is 10.0. The van der Waals surface area contributed by atoms with E-state index in [-0.39, 0.29) is 28.1 Å². The number of aromatic nitrogens is 3. The lowest BCUT2D eigenvalue weighted by Crippen LogP contribution is -2.04. The van der Waals surface area contributed by atoms with Crippen molar-refractivity contribution < 1.29 is 27.5 Å². The minimum absolute atomic E-state index is 0.0541. The Balaban J connectivity index is 1.44. The van der Waals surface area contributed by atoms with Crippen LogP contribution in [0.2, 0.25) is 0 Å². The Morgan fingerprint density at radius 1 is 1.00 bits per heavy atom. The van der Waals surface area contributed by atoms with Crippen molar-refractivity contribution in [2.45, 2.75) is 6.18 Å². The fourth-order valence-electron chi connectivity index (χ4n) is 3.94. The Morgan fingerprint density at radius 2 is 1.82 bits per heavy atom. The highest BCUT2D eigenvalue weighted by Crippen LogP contribution is 2.32. The molecule has 0 saturated carbocycles. The van der Waals surface area contributed by atoms with Crippen LogP contribution in [0, 0.1) is 5.82 Å². The minimum Gasteiger partial charge on any atom is -0.477 e. The molecule has 0 unspecified atom stereocenters. The maximum absolute atomic E-state index is 15.1. The molecular weight excluding hydrogens is 502 g/mol. The summed E-state index contributed by atoms with van der Waals surface area (Å²) < 4.78 is 54.2. The van der Waals surface area contributed by atoms with E-state index in [1.165, 1.54) is 36.7 Å². The summed E-state index contributed by atoms with van der Waals surface area (Å²) in [6.45, 7) is 3.44. The third-order valence-corrected chi connectivity index (χ3v) is 5.78. The van der Waals surface area contributed by atoms with Crippen LogP contribution in [-0.4, -0.2) is 39.0 Å². The fourth-order valence-corrected chi connectivity index (χ4v) is 3.94. The maximum atomic E-state index is 15.1. The van der Waals surface area contributed by atoms with E-state index in [4.69, 9.17) is 5.11 Å². The summed E-state index contributed by atoms with van der Waals surface area (Å²) in [5, 5.41) is 9.81. The Morgan fingerprint density at radius 3 is 2.53 bits per heavy atom. The lowest BCUT2D eigenvalue weighted by Gasteiger charge is -2.05. The van der Waals surface area contributed by atoms with Gasteiger partial charge in [-0.1, -0.05) is 6.07 Å². The van der Waals surface area contributed by atoms with Gasteiger partial charge in [-0.3, -0.25) is 9.98 Å². The molecular formula is C27H17F4N5O2. The number of hydrogen-bond acceptors (Lipinski definition) is 4. The van der Waals surface area contributed by atoms with Gasteiger partial charge in [0.25, 0.3) is 0 Å². The molecule has 0 spiro atoms. The monoisotopic (exact) mass is 519 g/mol. The molecule has 5 aromatic rings. The van der Waals surface area contributed by atoms with Crippen molar-refractivity contribution in [2.24, 2.45) is 9.98 Å². The molecule has 0 saturated heterocycles. The zero-order chi connectivity index (χ0) is 27.0. The second-order valence-electron chi connectivity index (χ2n) is 8.29. The second-order valence-corrected chi connectivity index (χ2v) is 8.29. The first-order valence-corrected chi connectivity index (χ1v) is 11.1. The van der Waals surface area contributed by atoms with Gasteiger partial charge in [-0.05, 0) is 66.9 Å². The van der Waals surface area contributed by atoms with Gasteiger partial charge < -0.3 is 15.1 Å². The summed E-state index contributed by atoms with van der Waals surface area (Å²) in [6.07, 6.45) is -1.64. The molecule has 0 aliphatic rings. The smallest absolute Gasteiger partial charge is 0.416 e. The van der Waals surface area contributed by atoms with E-state index >= 15 is 4.39 Å². The molecule has 0 fully saturated rings. The van der Waals surface area contributed by atoms with Crippen molar-refractivity contribution in [2.75, 3.05) is 0 Å². The number of fused-ring (bicyclic) bond motifs is 2. The number of allylic oxidation sites excluding steroid dienone is 1. The number of nitrogens with one attached hydrogen (secondary N) is 2. The predicted molar refractivity (Wildman–Crippen MR) is 137 cm³/mol. The summed E-state index contributed by atoms with van der Waals surface area (Å²) >= 11 is 0. The van der Waals surface area contributed by atoms with E-state index in [0.717, 1.165) is 12.1 Å².